The largest absolute Gasteiger partial charge is 0.480 e. The zero-order valence-electron chi connectivity index (χ0n) is 44.8. The standard InChI is InChI=1S/C53H74N10O11S2/c1-9-61-45-21-19-39(75(69,70)59-23-14-18-49(64)74-26-25-63(7,8)35-58-43(50(65)66)27-37-31-54-33-56-37)29-41(45)52(3,4)47(61)16-13-17-48-53(5,6)42-30-40(76(71,72)73)20-22-46(42)62(48)24-12-10-11-15-36(2)60-44(51(67)68)28-38-32-55-34-57-38/h13,16-17,19-22,29-34,36,43-44,58-60H,9-12,14-15,18,23-28,35H2,1-8H3,(H3-2,54,55,56,57,65,66,67,68,71,72,73)/p+2/t36?,43-,44+/m0/s1. The molecule has 3 atom stereocenters. The van der Waals surface area contributed by atoms with Crippen LogP contribution in [0, 0.1) is 0 Å². The van der Waals surface area contributed by atoms with Crippen molar-refractivity contribution in [2.24, 2.45) is 0 Å². The molecule has 2 aliphatic rings. The highest BCUT2D eigenvalue weighted by Gasteiger charge is 2.45. The maximum Gasteiger partial charge on any atom is 0.321 e. The van der Waals surface area contributed by atoms with E-state index in [1.165, 1.54) is 24.8 Å². The summed E-state index contributed by atoms with van der Waals surface area (Å²) in [6.07, 6.45) is 16.3. The molecule has 0 fully saturated rings. The first-order valence-electron chi connectivity index (χ1n) is 25.7. The number of allylic oxidation sites excluding steroid dienone is 4. The second kappa shape index (κ2) is 24.9. The lowest BCUT2D eigenvalue weighted by Crippen LogP contribution is -2.53. The number of carbonyl (C=O) groups is 3. The number of hydrogen-bond acceptors (Lipinski definition) is 13. The van der Waals surface area contributed by atoms with Crippen LogP contribution in [0.3, 0.4) is 0 Å². The highest BCUT2D eigenvalue weighted by Crippen LogP contribution is 2.48. The van der Waals surface area contributed by atoms with Crippen LogP contribution in [-0.2, 0) is 62.9 Å². The van der Waals surface area contributed by atoms with Gasteiger partial charge in [-0.1, -0.05) is 26.3 Å². The maximum atomic E-state index is 13.7. The lowest BCUT2D eigenvalue weighted by molar-refractivity contribution is -0.893. The number of nitrogens with zero attached hydrogens (tertiary/aromatic N) is 5. The van der Waals surface area contributed by atoms with E-state index < -0.39 is 61.0 Å². The second-order valence-electron chi connectivity index (χ2n) is 21.3. The summed E-state index contributed by atoms with van der Waals surface area (Å²) in [7, 11) is -4.65. The number of ether oxygens (including phenoxy) is 1. The number of aromatic amines is 2. The zero-order chi connectivity index (χ0) is 55.6. The summed E-state index contributed by atoms with van der Waals surface area (Å²) < 4.78 is 72.6. The van der Waals surface area contributed by atoms with Gasteiger partial charge in [0.15, 0.2) is 5.71 Å². The molecule has 8 N–H and O–H groups in total. The monoisotopic (exact) mass is 1090 g/mol. The van der Waals surface area contributed by atoms with Crippen molar-refractivity contribution in [3.63, 3.8) is 0 Å². The number of benzene rings is 2. The van der Waals surface area contributed by atoms with E-state index in [9.17, 15) is 46.0 Å². The summed E-state index contributed by atoms with van der Waals surface area (Å²) in [6.45, 7) is 14.2. The quantitative estimate of drug-likeness (QED) is 0.00835. The van der Waals surface area contributed by atoms with Gasteiger partial charge in [-0.15, -0.1) is 0 Å². The van der Waals surface area contributed by atoms with E-state index in [-0.39, 0.29) is 48.2 Å². The van der Waals surface area contributed by atoms with Crippen molar-refractivity contribution in [3.05, 3.63) is 108 Å². The van der Waals surface area contributed by atoms with Gasteiger partial charge in [0.05, 0.1) is 42.0 Å². The SMILES string of the molecule is CCN1C(=CC=CC2=[N+](CCCCCC(C)N[C@H](Cc3cnc[nH]3)C(=O)O)c3ccc(S(=O)(=O)O)cc3C2(C)C)C(C)(C)c2cc(S(=O)(=O)NCCCC(=O)OCC[N+](C)(C)CN[C@@H](Cc3cnc[nH]3)C(=O)O)ccc21. The first-order valence-corrected chi connectivity index (χ1v) is 28.6. The first kappa shape index (κ1) is 59.2. The summed E-state index contributed by atoms with van der Waals surface area (Å²) >= 11 is 0. The molecule has 6 rings (SSSR count). The normalized spacial score (nSPS) is 17.0. The third-order valence-corrected chi connectivity index (χ3v) is 16.6. The van der Waals surface area contributed by atoms with E-state index in [0.29, 0.717) is 42.9 Å². The van der Waals surface area contributed by atoms with Gasteiger partial charge in [0.1, 0.15) is 38.4 Å². The van der Waals surface area contributed by atoms with Crippen molar-refractivity contribution in [2.45, 2.75) is 132 Å². The summed E-state index contributed by atoms with van der Waals surface area (Å²) in [4.78, 5) is 52.3. The van der Waals surface area contributed by atoms with E-state index in [0.717, 1.165) is 65.3 Å². The van der Waals surface area contributed by atoms with Gasteiger partial charge in [0, 0.05) is 103 Å². The molecule has 4 heterocycles. The third-order valence-electron chi connectivity index (χ3n) is 14.3. The molecule has 1 unspecified atom stereocenters. The average Bonchev–Trinajstić information content (AvgIpc) is 4.15. The molecular weight excluding hydrogens is 1020 g/mol. The smallest absolute Gasteiger partial charge is 0.321 e. The Morgan fingerprint density at radius 2 is 1.51 bits per heavy atom. The van der Waals surface area contributed by atoms with Crippen molar-refractivity contribution in [2.75, 3.05) is 58.4 Å². The number of carboxylic acid groups (broad SMARTS) is 2. The van der Waals surface area contributed by atoms with Crippen LogP contribution in [-0.4, -0.2) is 156 Å². The van der Waals surface area contributed by atoms with Crippen LogP contribution in [0.15, 0.2) is 95.2 Å². The molecule has 2 aliphatic heterocycles. The molecule has 414 valence electrons. The number of carbonyl (C=O) groups excluding carboxylic acids is 1. The van der Waals surface area contributed by atoms with Crippen LogP contribution in [0.5, 0.6) is 0 Å². The molecule has 0 radical (unpaired) electrons. The Bertz CT molecular complexity index is 3010. The van der Waals surface area contributed by atoms with E-state index in [2.05, 4.69) is 44.8 Å². The molecule has 2 aromatic heterocycles. The lowest BCUT2D eigenvalue weighted by Gasteiger charge is -2.31. The van der Waals surface area contributed by atoms with Gasteiger partial charge in [-0.05, 0) is 88.9 Å². The maximum absolute atomic E-state index is 13.7. The number of imidazole rings is 2. The number of aliphatic carboxylic acids is 2. The van der Waals surface area contributed by atoms with Crippen LogP contribution < -0.4 is 20.3 Å². The predicted molar refractivity (Wildman–Crippen MR) is 288 cm³/mol. The number of nitrogens with one attached hydrogen (secondary N) is 5. The number of unbranched alkanes of at least 4 members (excludes halogenated alkanes) is 2. The predicted octanol–water partition coefficient (Wildman–Crippen LogP) is 5.17. The molecule has 0 aliphatic carbocycles. The number of quaternary nitrogens is 1. The number of rotatable bonds is 30. The number of sulfonamides is 1. The number of hydrogen-bond donors (Lipinski definition) is 8. The van der Waals surface area contributed by atoms with Gasteiger partial charge in [-0.2, -0.15) is 13.0 Å². The summed E-state index contributed by atoms with van der Waals surface area (Å²) in [5.74, 6) is -2.39. The summed E-state index contributed by atoms with van der Waals surface area (Å²) in [6, 6.07) is 8.15. The fraction of sp³-hybridized carbons (Fsp3) is 0.509. The van der Waals surface area contributed by atoms with Gasteiger partial charge in [-0.3, -0.25) is 24.3 Å². The molecule has 0 saturated carbocycles. The first-order chi connectivity index (χ1) is 35.7. The molecule has 0 spiro atoms. The molecule has 0 saturated heterocycles. The van der Waals surface area contributed by atoms with Crippen molar-refractivity contribution < 1.29 is 59.8 Å². The van der Waals surface area contributed by atoms with Gasteiger partial charge in [0.2, 0.25) is 15.7 Å². The number of esters is 1. The summed E-state index contributed by atoms with van der Waals surface area (Å²) in [5, 5.41) is 25.8. The Kier molecular flexibility index (Phi) is 19.4. The average molecular weight is 1090 g/mol. The minimum atomic E-state index is -4.47. The van der Waals surface area contributed by atoms with Crippen molar-refractivity contribution in [1.82, 2.24) is 35.3 Å². The van der Waals surface area contributed by atoms with Gasteiger partial charge in [-0.25, -0.2) is 23.1 Å². The van der Waals surface area contributed by atoms with Crippen LogP contribution in [0.2, 0.25) is 0 Å². The van der Waals surface area contributed by atoms with Crippen LogP contribution >= 0.6 is 0 Å². The van der Waals surface area contributed by atoms with E-state index >= 15 is 0 Å². The highest BCUT2D eigenvalue weighted by molar-refractivity contribution is 7.89. The van der Waals surface area contributed by atoms with Crippen LogP contribution in [0.1, 0.15) is 103 Å². The molecule has 21 nitrogen and oxygen atoms in total. The third kappa shape index (κ3) is 14.9. The van der Waals surface area contributed by atoms with E-state index in [1.54, 1.807) is 30.6 Å². The molecule has 0 amide bonds. The van der Waals surface area contributed by atoms with Gasteiger partial charge in [0.25, 0.3) is 10.1 Å². The van der Waals surface area contributed by atoms with E-state index in [4.69, 9.17) is 4.74 Å². The zero-order valence-corrected chi connectivity index (χ0v) is 46.4. The molecule has 2 aromatic carbocycles. The minimum absolute atomic E-state index is 0.000511. The Morgan fingerprint density at radius 3 is 2.13 bits per heavy atom. The fourth-order valence-corrected chi connectivity index (χ4v) is 11.5. The molecule has 0 bridgehead atoms. The number of H-pyrrole nitrogens is 2. The number of carboxylic acids is 2. The second-order valence-corrected chi connectivity index (χ2v) is 24.5. The number of anilines is 1. The molecular formula is C53H76N10O11S2+2. The Balaban J connectivity index is 1.07. The molecule has 76 heavy (non-hydrogen) atoms. The number of aromatic nitrogens is 4. The minimum Gasteiger partial charge on any atom is -0.480 e. The fourth-order valence-electron chi connectivity index (χ4n) is 9.91. The number of likely N-dealkylation sites (N-methyl/N-ethyl adjacent to an activating group) is 2. The van der Waals surface area contributed by atoms with Crippen molar-refractivity contribution in [3.8, 4) is 0 Å². The van der Waals surface area contributed by atoms with Gasteiger partial charge < -0.3 is 39.6 Å². The molecule has 4 aromatic rings. The Labute approximate surface area is 446 Å². The number of fused-ring (bicyclic) bond motifs is 2. The Morgan fingerprint density at radius 1 is 0.868 bits per heavy atom. The Hall–Kier alpha value is -6.08. The van der Waals surface area contributed by atoms with E-state index in [1.807, 2.05) is 79.9 Å². The summed E-state index contributed by atoms with van der Waals surface area (Å²) in [5.41, 5.74) is 5.33. The topological polar surface area (TPSA) is 289 Å². The van der Waals surface area contributed by atoms with Crippen molar-refractivity contribution in [1.29, 1.82) is 0 Å². The van der Waals surface area contributed by atoms with Gasteiger partial charge >= 0.3 is 17.9 Å². The molecule has 23 heteroatoms. The highest BCUT2D eigenvalue weighted by atomic mass is 32.2. The van der Waals surface area contributed by atoms with Crippen LogP contribution in [0.4, 0.5) is 11.4 Å². The van der Waals surface area contributed by atoms with Crippen LogP contribution in [0.25, 0.3) is 0 Å². The lowest BCUT2D eigenvalue weighted by atomic mass is 9.81. The van der Waals surface area contributed by atoms with Crippen molar-refractivity contribution >= 4 is 55.1 Å².